The number of hydrogen-bond acceptors (Lipinski definition) is 3. The van der Waals surface area contributed by atoms with Crippen molar-refractivity contribution in [1.29, 1.82) is 0 Å². The number of halogens is 1. The molecule has 0 saturated carbocycles. The molecule has 0 fully saturated rings. The minimum atomic E-state index is -0.459. The van der Waals surface area contributed by atoms with Crippen molar-refractivity contribution in [3.63, 3.8) is 0 Å². The van der Waals surface area contributed by atoms with E-state index in [0.717, 1.165) is 0 Å². The van der Waals surface area contributed by atoms with Gasteiger partial charge in [0.05, 0.1) is 0 Å². The third-order valence-corrected chi connectivity index (χ3v) is 4.78. The minimum absolute atomic E-state index is 0.127. The predicted molar refractivity (Wildman–Crippen MR) is 117 cm³/mol. The zero-order valence-electron chi connectivity index (χ0n) is 16.7. The molecule has 4 aromatic rings. The molecule has 0 saturated heterocycles. The van der Waals surface area contributed by atoms with Gasteiger partial charge in [-0.15, -0.1) is 0 Å². The number of amides is 2. The Morgan fingerprint density at radius 3 is 2.35 bits per heavy atom. The molecule has 3 aromatic carbocycles. The number of hydrogen-bond donors (Lipinski definition) is 2. The predicted octanol–water partition coefficient (Wildman–Crippen LogP) is 4.82. The van der Waals surface area contributed by atoms with Crippen molar-refractivity contribution in [2.75, 3.05) is 10.6 Å². The van der Waals surface area contributed by atoms with Crippen molar-refractivity contribution >= 4 is 23.2 Å². The van der Waals surface area contributed by atoms with E-state index >= 15 is 0 Å². The second-order valence-corrected chi connectivity index (χ2v) is 6.85. The highest BCUT2D eigenvalue weighted by molar-refractivity contribution is 6.08. The zero-order chi connectivity index (χ0) is 21.8. The van der Waals surface area contributed by atoms with Crippen molar-refractivity contribution in [3.05, 3.63) is 108 Å². The van der Waals surface area contributed by atoms with E-state index in [1.807, 2.05) is 18.2 Å². The standard InChI is InChI=1S/C24H19FN4O2/c1-16-18(23(30)26-17-8-3-2-4-9-17)10-7-12-20(16)27-24(31)21-14-15-29(28-21)22-13-6-5-11-19(22)25/h2-15H,1H3,(H,26,30)(H,27,31). The van der Waals surface area contributed by atoms with Gasteiger partial charge in [-0.1, -0.05) is 36.4 Å². The Labute approximate surface area is 178 Å². The van der Waals surface area contributed by atoms with Crippen LogP contribution in [0.5, 0.6) is 0 Å². The number of aromatic nitrogens is 2. The molecule has 0 aliphatic heterocycles. The Hall–Kier alpha value is -4.26. The number of para-hydroxylation sites is 2. The summed E-state index contributed by atoms with van der Waals surface area (Å²) in [6, 6.07) is 21.9. The van der Waals surface area contributed by atoms with E-state index in [-0.39, 0.29) is 17.3 Å². The Bertz CT molecular complexity index is 1250. The van der Waals surface area contributed by atoms with Gasteiger partial charge in [0.1, 0.15) is 11.5 Å². The number of nitrogens with one attached hydrogen (secondary N) is 2. The van der Waals surface area contributed by atoms with E-state index < -0.39 is 11.7 Å². The highest BCUT2D eigenvalue weighted by atomic mass is 19.1. The molecule has 0 atom stereocenters. The molecule has 0 aliphatic carbocycles. The molecule has 154 valence electrons. The molecule has 6 nitrogen and oxygen atoms in total. The highest BCUT2D eigenvalue weighted by Gasteiger charge is 2.16. The Kier molecular flexibility index (Phi) is 5.57. The maximum absolute atomic E-state index is 14.0. The van der Waals surface area contributed by atoms with Crippen molar-refractivity contribution < 1.29 is 14.0 Å². The van der Waals surface area contributed by atoms with Crippen LogP contribution in [0.1, 0.15) is 26.4 Å². The SMILES string of the molecule is Cc1c(NC(=O)c2ccn(-c3ccccc3F)n2)cccc1C(=O)Nc1ccccc1. The Morgan fingerprint density at radius 2 is 1.58 bits per heavy atom. The molecule has 0 unspecified atom stereocenters. The van der Waals surface area contributed by atoms with Gasteiger partial charge in [-0.3, -0.25) is 9.59 Å². The third kappa shape index (κ3) is 4.35. The van der Waals surface area contributed by atoms with E-state index in [9.17, 15) is 14.0 Å². The van der Waals surface area contributed by atoms with Gasteiger partial charge in [0.15, 0.2) is 5.69 Å². The van der Waals surface area contributed by atoms with E-state index in [1.165, 1.54) is 23.0 Å². The normalized spacial score (nSPS) is 10.5. The van der Waals surface area contributed by atoms with Crippen LogP contribution in [0.25, 0.3) is 5.69 Å². The van der Waals surface area contributed by atoms with Crippen LogP contribution in [0, 0.1) is 12.7 Å². The fourth-order valence-electron chi connectivity index (χ4n) is 3.14. The number of anilines is 2. The summed E-state index contributed by atoms with van der Waals surface area (Å²) in [7, 11) is 0. The van der Waals surface area contributed by atoms with Gasteiger partial charge in [-0.2, -0.15) is 5.10 Å². The lowest BCUT2D eigenvalue weighted by Gasteiger charge is -2.12. The van der Waals surface area contributed by atoms with Gasteiger partial charge in [-0.25, -0.2) is 9.07 Å². The first-order valence-corrected chi connectivity index (χ1v) is 9.61. The average Bonchev–Trinajstić information content (AvgIpc) is 3.26. The van der Waals surface area contributed by atoms with Crippen molar-refractivity contribution in [2.24, 2.45) is 0 Å². The van der Waals surface area contributed by atoms with Crippen LogP contribution in [0.3, 0.4) is 0 Å². The highest BCUT2D eigenvalue weighted by Crippen LogP contribution is 2.21. The van der Waals surface area contributed by atoms with Crippen LogP contribution < -0.4 is 10.6 Å². The second-order valence-electron chi connectivity index (χ2n) is 6.85. The minimum Gasteiger partial charge on any atom is -0.322 e. The molecule has 1 aromatic heterocycles. The molecule has 7 heteroatoms. The number of benzene rings is 3. The maximum Gasteiger partial charge on any atom is 0.276 e. The molecular weight excluding hydrogens is 395 g/mol. The Morgan fingerprint density at radius 1 is 0.839 bits per heavy atom. The summed E-state index contributed by atoms with van der Waals surface area (Å²) < 4.78 is 15.3. The van der Waals surface area contributed by atoms with Crippen LogP contribution in [-0.4, -0.2) is 21.6 Å². The van der Waals surface area contributed by atoms with Crippen molar-refractivity contribution in [3.8, 4) is 5.69 Å². The summed E-state index contributed by atoms with van der Waals surface area (Å²) in [6.45, 7) is 1.76. The zero-order valence-corrected chi connectivity index (χ0v) is 16.7. The van der Waals surface area contributed by atoms with Crippen LogP contribution in [-0.2, 0) is 0 Å². The average molecular weight is 414 g/mol. The lowest BCUT2D eigenvalue weighted by atomic mass is 10.1. The first kappa shape index (κ1) is 20.0. The van der Waals surface area contributed by atoms with Gasteiger partial charge < -0.3 is 10.6 Å². The molecule has 2 N–H and O–H groups in total. The molecule has 0 radical (unpaired) electrons. The van der Waals surface area contributed by atoms with Crippen molar-refractivity contribution in [2.45, 2.75) is 6.92 Å². The molecular formula is C24H19FN4O2. The summed E-state index contributed by atoms with van der Waals surface area (Å²) in [5.41, 5.74) is 2.61. The summed E-state index contributed by atoms with van der Waals surface area (Å²) >= 11 is 0. The topological polar surface area (TPSA) is 76.0 Å². The summed E-state index contributed by atoms with van der Waals surface area (Å²) in [4.78, 5) is 25.3. The molecule has 0 spiro atoms. The number of nitrogens with zero attached hydrogens (tertiary/aromatic N) is 2. The Balaban J connectivity index is 1.52. The smallest absolute Gasteiger partial charge is 0.276 e. The second kappa shape index (κ2) is 8.62. The van der Waals surface area contributed by atoms with Crippen LogP contribution in [0.15, 0.2) is 85.1 Å². The first-order chi connectivity index (χ1) is 15.0. The first-order valence-electron chi connectivity index (χ1n) is 9.61. The van der Waals surface area contributed by atoms with Gasteiger partial charge in [0.2, 0.25) is 0 Å². The fourth-order valence-corrected chi connectivity index (χ4v) is 3.14. The third-order valence-electron chi connectivity index (χ3n) is 4.78. The monoisotopic (exact) mass is 414 g/mol. The fraction of sp³-hybridized carbons (Fsp3) is 0.0417. The quantitative estimate of drug-likeness (QED) is 0.491. The van der Waals surface area contributed by atoms with E-state index in [4.69, 9.17) is 0 Å². The number of rotatable bonds is 5. The molecule has 0 aliphatic rings. The largest absolute Gasteiger partial charge is 0.322 e. The van der Waals surface area contributed by atoms with Crippen LogP contribution >= 0.6 is 0 Å². The van der Waals surface area contributed by atoms with Gasteiger partial charge in [0.25, 0.3) is 11.8 Å². The maximum atomic E-state index is 14.0. The lowest BCUT2D eigenvalue weighted by molar-refractivity contribution is 0.101. The lowest BCUT2D eigenvalue weighted by Crippen LogP contribution is -2.17. The molecule has 0 bridgehead atoms. The number of carbonyl (C=O) groups excluding carboxylic acids is 2. The van der Waals surface area contributed by atoms with E-state index in [0.29, 0.717) is 22.5 Å². The van der Waals surface area contributed by atoms with Gasteiger partial charge in [-0.05, 0) is 55.0 Å². The van der Waals surface area contributed by atoms with Crippen LogP contribution in [0.4, 0.5) is 15.8 Å². The number of carbonyl (C=O) groups is 2. The molecule has 31 heavy (non-hydrogen) atoms. The van der Waals surface area contributed by atoms with Crippen LogP contribution in [0.2, 0.25) is 0 Å². The van der Waals surface area contributed by atoms with E-state index in [1.54, 1.807) is 55.5 Å². The van der Waals surface area contributed by atoms with Crippen molar-refractivity contribution in [1.82, 2.24) is 9.78 Å². The molecule has 1 heterocycles. The summed E-state index contributed by atoms with van der Waals surface area (Å²) in [5, 5.41) is 9.78. The summed E-state index contributed by atoms with van der Waals surface area (Å²) in [6.07, 6.45) is 1.52. The summed E-state index contributed by atoms with van der Waals surface area (Å²) in [5.74, 6) is -1.17. The van der Waals surface area contributed by atoms with E-state index in [2.05, 4.69) is 15.7 Å². The van der Waals surface area contributed by atoms with Gasteiger partial charge in [0, 0.05) is 23.1 Å². The molecule has 2 amide bonds. The van der Waals surface area contributed by atoms with Gasteiger partial charge >= 0.3 is 0 Å². The molecule has 4 rings (SSSR count).